The number of benzene rings is 2. The smallest absolute Gasteiger partial charge is 0.325 e. The van der Waals surface area contributed by atoms with Gasteiger partial charge in [0.15, 0.2) is 0 Å². The lowest BCUT2D eigenvalue weighted by atomic mass is 9.76. The van der Waals surface area contributed by atoms with Gasteiger partial charge >= 0.3 is 5.97 Å². The number of rotatable bonds is 5. The SMILES string of the molecule is O=C1[C@H]2[C@@H](C(=O)N1c1ccc(F)cc1)[C@](Cc1ccccc1)(C(=O)O)N[C@H]2c1cccs1. The second kappa shape index (κ2) is 7.65. The van der Waals surface area contributed by atoms with Gasteiger partial charge < -0.3 is 5.11 Å². The fourth-order valence-electron chi connectivity index (χ4n) is 4.91. The molecule has 2 N–H and O–H groups in total. The van der Waals surface area contributed by atoms with Gasteiger partial charge in [0.2, 0.25) is 11.8 Å². The third kappa shape index (κ3) is 3.06. The maximum absolute atomic E-state index is 13.6. The molecular formula is C24H19FN2O4S. The first-order valence-electron chi connectivity index (χ1n) is 10.1. The molecule has 0 radical (unpaired) electrons. The molecule has 0 unspecified atom stereocenters. The Morgan fingerprint density at radius 1 is 1.03 bits per heavy atom. The minimum Gasteiger partial charge on any atom is -0.480 e. The van der Waals surface area contributed by atoms with Crippen LogP contribution >= 0.6 is 11.3 Å². The van der Waals surface area contributed by atoms with Gasteiger partial charge in [0.25, 0.3) is 0 Å². The van der Waals surface area contributed by atoms with E-state index in [-0.39, 0.29) is 12.1 Å². The number of hydrogen-bond acceptors (Lipinski definition) is 5. The van der Waals surface area contributed by atoms with E-state index in [1.807, 2.05) is 23.6 Å². The van der Waals surface area contributed by atoms with E-state index in [4.69, 9.17) is 0 Å². The van der Waals surface area contributed by atoms with E-state index < -0.39 is 47.0 Å². The van der Waals surface area contributed by atoms with E-state index in [1.54, 1.807) is 24.3 Å². The Morgan fingerprint density at radius 3 is 2.38 bits per heavy atom. The highest BCUT2D eigenvalue weighted by Crippen LogP contribution is 2.51. The fourth-order valence-corrected chi connectivity index (χ4v) is 5.74. The van der Waals surface area contributed by atoms with Crippen LogP contribution in [0.25, 0.3) is 0 Å². The van der Waals surface area contributed by atoms with E-state index in [0.29, 0.717) is 0 Å². The summed E-state index contributed by atoms with van der Waals surface area (Å²) in [5.41, 5.74) is -0.685. The summed E-state index contributed by atoms with van der Waals surface area (Å²) in [4.78, 5) is 41.7. The van der Waals surface area contributed by atoms with Gasteiger partial charge in [-0.15, -0.1) is 11.3 Å². The summed E-state index contributed by atoms with van der Waals surface area (Å²) in [7, 11) is 0. The number of amides is 2. The van der Waals surface area contributed by atoms with Crippen LogP contribution < -0.4 is 10.2 Å². The number of carbonyl (C=O) groups excluding carboxylic acids is 2. The zero-order valence-corrected chi connectivity index (χ0v) is 17.6. The highest BCUT2D eigenvalue weighted by atomic mass is 32.1. The minimum atomic E-state index is -1.66. The van der Waals surface area contributed by atoms with Gasteiger partial charge in [0, 0.05) is 11.3 Å². The average molecular weight is 450 g/mol. The molecule has 1 aromatic heterocycles. The summed E-state index contributed by atoms with van der Waals surface area (Å²) in [6, 6.07) is 17.2. The molecule has 2 aliphatic heterocycles. The van der Waals surface area contributed by atoms with Crippen molar-refractivity contribution in [3.8, 4) is 0 Å². The molecule has 6 nitrogen and oxygen atoms in total. The lowest BCUT2D eigenvalue weighted by Gasteiger charge is -2.31. The Hall–Kier alpha value is -3.36. The Bertz CT molecular complexity index is 1180. The molecule has 2 saturated heterocycles. The van der Waals surface area contributed by atoms with Crippen molar-refractivity contribution in [2.45, 2.75) is 18.0 Å². The molecule has 2 aliphatic rings. The van der Waals surface area contributed by atoms with Crippen LogP contribution in [-0.4, -0.2) is 28.4 Å². The van der Waals surface area contributed by atoms with E-state index in [2.05, 4.69) is 5.32 Å². The molecular weight excluding hydrogens is 431 g/mol. The Labute approximate surface area is 187 Å². The first kappa shape index (κ1) is 20.5. The molecule has 5 rings (SSSR count). The van der Waals surface area contributed by atoms with Crippen molar-refractivity contribution >= 4 is 34.8 Å². The number of carboxylic acids is 1. The number of aliphatic carboxylic acids is 1. The van der Waals surface area contributed by atoms with Crippen LogP contribution in [-0.2, 0) is 20.8 Å². The molecule has 0 spiro atoms. The van der Waals surface area contributed by atoms with Crippen LogP contribution in [0.15, 0.2) is 72.1 Å². The van der Waals surface area contributed by atoms with Crippen LogP contribution in [0.4, 0.5) is 10.1 Å². The molecule has 2 fully saturated rings. The number of carboxylic acid groups (broad SMARTS) is 1. The number of imide groups is 1. The molecule has 32 heavy (non-hydrogen) atoms. The Morgan fingerprint density at radius 2 is 1.75 bits per heavy atom. The van der Waals surface area contributed by atoms with Gasteiger partial charge in [-0.2, -0.15) is 0 Å². The number of hydrogen-bond donors (Lipinski definition) is 2. The first-order valence-corrected chi connectivity index (χ1v) is 11.0. The minimum absolute atomic E-state index is 0.0441. The van der Waals surface area contributed by atoms with Crippen molar-refractivity contribution in [1.29, 1.82) is 0 Å². The number of halogens is 1. The summed E-state index contributed by atoms with van der Waals surface area (Å²) in [5.74, 6) is -4.73. The van der Waals surface area contributed by atoms with Crippen LogP contribution in [0.3, 0.4) is 0 Å². The zero-order valence-electron chi connectivity index (χ0n) is 16.8. The van der Waals surface area contributed by atoms with Crippen molar-refractivity contribution < 1.29 is 23.9 Å². The summed E-state index contributed by atoms with van der Waals surface area (Å²) in [6.07, 6.45) is 0.0441. The molecule has 0 saturated carbocycles. The predicted molar refractivity (Wildman–Crippen MR) is 117 cm³/mol. The highest BCUT2D eigenvalue weighted by molar-refractivity contribution is 7.10. The Kier molecular flexibility index (Phi) is 4.91. The molecule has 4 atom stereocenters. The van der Waals surface area contributed by atoms with Gasteiger partial charge in [0.05, 0.1) is 23.6 Å². The van der Waals surface area contributed by atoms with Crippen molar-refractivity contribution in [2.75, 3.05) is 4.90 Å². The van der Waals surface area contributed by atoms with Gasteiger partial charge in [-0.05, 0) is 41.3 Å². The van der Waals surface area contributed by atoms with E-state index in [0.717, 1.165) is 15.3 Å². The highest BCUT2D eigenvalue weighted by Gasteiger charge is 2.68. The number of nitrogens with zero attached hydrogens (tertiary/aromatic N) is 1. The van der Waals surface area contributed by atoms with Gasteiger partial charge in [-0.1, -0.05) is 36.4 Å². The lowest BCUT2D eigenvalue weighted by Crippen LogP contribution is -2.57. The summed E-state index contributed by atoms with van der Waals surface area (Å²) >= 11 is 1.40. The molecule has 162 valence electrons. The van der Waals surface area contributed by atoms with E-state index in [1.165, 1.54) is 35.6 Å². The lowest BCUT2D eigenvalue weighted by molar-refractivity contribution is -0.148. The average Bonchev–Trinajstić information content (AvgIpc) is 3.48. The maximum Gasteiger partial charge on any atom is 0.325 e. The van der Waals surface area contributed by atoms with Crippen molar-refractivity contribution in [1.82, 2.24) is 5.32 Å². The molecule has 2 amide bonds. The number of carbonyl (C=O) groups is 3. The molecule has 2 aromatic carbocycles. The topological polar surface area (TPSA) is 86.7 Å². The summed E-state index contributed by atoms with van der Waals surface area (Å²) in [6.45, 7) is 0. The standard InChI is InChI=1S/C24H19FN2O4S/c25-15-8-10-16(11-9-15)27-21(28)18-19(22(27)29)24(23(30)31,13-14-5-2-1-3-6-14)26-20(18)17-7-4-12-32-17/h1-12,18-20,26H,13H2,(H,30,31)/t18-,19-,20-,24+/m0/s1. The fraction of sp³-hybridized carbons (Fsp3) is 0.208. The van der Waals surface area contributed by atoms with Crippen LogP contribution in [0.1, 0.15) is 16.5 Å². The van der Waals surface area contributed by atoms with Crippen molar-refractivity contribution in [2.24, 2.45) is 11.8 Å². The normalized spacial score (nSPS) is 27.0. The molecule has 8 heteroatoms. The second-order valence-electron chi connectivity index (χ2n) is 8.07. The van der Waals surface area contributed by atoms with Crippen molar-refractivity contribution in [3.05, 3.63) is 88.4 Å². The molecule has 0 bridgehead atoms. The van der Waals surface area contributed by atoms with E-state index >= 15 is 0 Å². The van der Waals surface area contributed by atoms with Crippen molar-refractivity contribution in [3.63, 3.8) is 0 Å². The van der Waals surface area contributed by atoms with Gasteiger partial charge in [-0.3, -0.25) is 19.7 Å². The maximum atomic E-state index is 13.6. The molecule has 3 heterocycles. The number of thiophene rings is 1. The Balaban J connectivity index is 1.64. The van der Waals surface area contributed by atoms with Crippen LogP contribution in [0, 0.1) is 17.7 Å². The third-order valence-electron chi connectivity index (χ3n) is 6.30. The van der Waals surface area contributed by atoms with Gasteiger partial charge in [0.1, 0.15) is 11.4 Å². The zero-order chi connectivity index (χ0) is 22.5. The quantitative estimate of drug-likeness (QED) is 0.582. The third-order valence-corrected chi connectivity index (χ3v) is 7.25. The van der Waals surface area contributed by atoms with E-state index in [9.17, 15) is 23.9 Å². The number of fused-ring (bicyclic) bond motifs is 1. The largest absolute Gasteiger partial charge is 0.480 e. The second-order valence-corrected chi connectivity index (χ2v) is 9.05. The molecule has 0 aliphatic carbocycles. The van der Waals surface area contributed by atoms with Crippen LogP contribution in [0.5, 0.6) is 0 Å². The number of anilines is 1. The monoisotopic (exact) mass is 450 g/mol. The van der Waals surface area contributed by atoms with Gasteiger partial charge in [-0.25, -0.2) is 9.29 Å². The summed E-state index contributed by atoms with van der Waals surface area (Å²) < 4.78 is 13.4. The predicted octanol–water partition coefficient (Wildman–Crippen LogP) is 3.40. The number of nitrogens with one attached hydrogen (secondary N) is 1. The summed E-state index contributed by atoms with van der Waals surface area (Å²) in [5, 5.41) is 15.4. The van der Waals surface area contributed by atoms with Crippen LogP contribution in [0.2, 0.25) is 0 Å². The molecule has 3 aromatic rings. The first-order chi connectivity index (χ1) is 15.4.